The minimum atomic E-state index is 0.662. The van der Waals surface area contributed by atoms with Crippen LogP contribution in [-0.2, 0) is 0 Å². The van der Waals surface area contributed by atoms with Crippen molar-refractivity contribution in [3.05, 3.63) is 83.8 Å². The van der Waals surface area contributed by atoms with Gasteiger partial charge in [0, 0.05) is 11.8 Å². The van der Waals surface area contributed by atoms with E-state index in [9.17, 15) is 0 Å². The molecule has 0 unspecified atom stereocenters. The zero-order chi connectivity index (χ0) is 14.7. The van der Waals surface area contributed by atoms with E-state index in [0.29, 0.717) is 5.69 Å². The third-order valence-electron chi connectivity index (χ3n) is 3.40. The Bertz CT molecular complexity index is 794. The summed E-state index contributed by atoms with van der Waals surface area (Å²) in [5, 5.41) is 0. The molecule has 0 fully saturated rings. The topological polar surface area (TPSA) is 17.2 Å². The second kappa shape index (κ2) is 5.60. The predicted octanol–water partition coefficient (Wildman–Crippen LogP) is 5.27. The Hall–Kier alpha value is -2.92. The third-order valence-corrected chi connectivity index (χ3v) is 3.40. The molecule has 3 aromatic rings. The number of hydrogen-bond donors (Lipinski definition) is 0. The Kier molecular flexibility index (Phi) is 3.49. The lowest BCUT2D eigenvalue weighted by Crippen LogP contribution is -1.85. The van der Waals surface area contributed by atoms with E-state index in [1.807, 2.05) is 49.5 Å². The lowest BCUT2D eigenvalue weighted by atomic mass is 10.0. The summed E-state index contributed by atoms with van der Waals surface area (Å²) in [7, 11) is 0. The Morgan fingerprint density at radius 1 is 0.857 bits per heavy atom. The van der Waals surface area contributed by atoms with E-state index in [2.05, 4.69) is 34.1 Å². The normalized spacial score (nSPS) is 10.1. The van der Waals surface area contributed by atoms with Crippen molar-refractivity contribution in [1.29, 1.82) is 0 Å². The maximum absolute atomic E-state index is 7.00. The van der Waals surface area contributed by atoms with Crippen molar-refractivity contribution in [1.82, 2.24) is 4.98 Å². The molecule has 1 aromatic heterocycles. The number of rotatable bonds is 2. The second-order valence-electron chi connectivity index (χ2n) is 4.96. The van der Waals surface area contributed by atoms with Crippen molar-refractivity contribution in [2.75, 3.05) is 0 Å². The van der Waals surface area contributed by atoms with Crippen LogP contribution >= 0.6 is 0 Å². The summed E-state index contributed by atoms with van der Waals surface area (Å²) in [6.07, 6.45) is 1.88. The second-order valence-corrected chi connectivity index (χ2v) is 4.96. The standard InChI is InChI=1S/C19H14N2/c1-14-6-11-19(21-13-14)17-5-3-4-16(12-17)15-7-9-18(20-2)10-8-15/h3-13H,1H3. The van der Waals surface area contributed by atoms with Crippen LogP contribution in [0.5, 0.6) is 0 Å². The summed E-state index contributed by atoms with van der Waals surface area (Å²) in [5.74, 6) is 0. The van der Waals surface area contributed by atoms with Gasteiger partial charge in [-0.15, -0.1) is 0 Å². The first-order valence-corrected chi connectivity index (χ1v) is 6.77. The molecule has 0 aliphatic heterocycles. The molecule has 1 heterocycles. The van der Waals surface area contributed by atoms with Crippen LogP contribution in [0, 0.1) is 13.5 Å². The van der Waals surface area contributed by atoms with Crippen molar-refractivity contribution >= 4 is 5.69 Å². The minimum absolute atomic E-state index is 0.662. The van der Waals surface area contributed by atoms with Crippen LogP contribution in [0.4, 0.5) is 5.69 Å². The summed E-state index contributed by atoms with van der Waals surface area (Å²) >= 11 is 0. The third kappa shape index (κ3) is 2.82. The highest BCUT2D eigenvalue weighted by Gasteiger charge is 2.03. The van der Waals surface area contributed by atoms with Gasteiger partial charge >= 0.3 is 0 Å². The van der Waals surface area contributed by atoms with Gasteiger partial charge in [0.25, 0.3) is 0 Å². The molecule has 0 aliphatic rings. The molecule has 0 atom stereocenters. The summed E-state index contributed by atoms with van der Waals surface area (Å²) in [6, 6.07) is 20.1. The molecule has 0 aliphatic carbocycles. The molecule has 0 saturated carbocycles. The molecule has 0 N–H and O–H groups in total. The van der Waals surface area contributed by atoms with Crippen LogP contribution < -0.4 is 0 Å². The monoisotopic (exact) mass is 270 g/mol. The molecule has 100 valence electrons. The number of hydrogen-bond acceptors (Lipinski definition) is 1. The highest BCUT2D eigenvalue weighted by molar-refractivity contribution is 5.72. The van der Waals surface area contributed by atoms with Crippen molar-refractivity contribution in [2.24, 2.45) is 0 Å². The van der Waals surface area contributed by atoms with Crippen molar-refractivity contribution in [3.8, 4) is 22.4 Å². The Morgan fingerprint density at radius 3 is 2.29 bits per heavy atom. The number of pyridine rings is 1. The van der Waals surface area contributed by atoms with E-state index in [0.717, 1.165) is 27.9 Å². The molecule has 21 heavy (non-hydrogen) atoms. The van der Waals surface area contributed by atoms with Gasteiger partial charge in [-0.25, -0.2) is 4.85 Å². The fourth-order valence-corrected chi connectivity index (χ4v) is 2.23. The van der Waals surface area contributed by atoms with E-state index >= 15 is 0 Å². The largest absolute Gasteiger partial charge is 0.256 e. The molecule has 2 heteroatoms. The highest BCUT2D eigenvalue weighted by atomic mass is 14.7. The van der Waals surface area contributed by atoms with E-state index < -0.39 is 0 Å². The first-order valence-electron chi connectivity index (χ1n) is 6.77. The molecule has 2 nitrogen and oxygen atoms in total. The van der Waals surface area contributed by atoms with E-state index in [4.69, 9.17) is 6.57 Å². The average Bonchev–Trinajstić information content (AvgIpc) is 2.56. The van der Waals surface area contributed by atoms with Gasteiger partial charge in [-0.3, -0.25) is 4.98 Å². The maximum atomic E-state index is 7.00. The van der Waals surface area contributed by atoms with Gasteiger partial charge in [0.15, 0.2) is 5.69 Å². The maximum Gasteiger partial charge on any atom is 0.187 e. The highest BCUT2D eigenvalue weighted by Crippen LogP contribution is 2.26. The molecule has 0 amide bonds. The first kappa shape index (κ1) is 13.1. The van der Waals surface area contributed by atoms with Crippen LogP contribution in [0.1, 0.15) is 5.56 Å². The van der Waals surface area contributed by atoms with Gasteiger partial charge in [-0.1, -0.05) is 48.5 Å². The number of aromatic nitrogens is 1. The molecule has 0 radical (unpaired) electrons. The Morgan fingerprint density at radius 2 is 1.62 bits per heavy atom. The predicted molar refractivity (Wildman–Crippen MR) is 86.1 cm³/mol. The molecule has 3 rings (SSSR count). The van der Waals surface area contributed by atoms with Gasteiger partial charge in [0.05, 0.1) is 12.3 Å². The fourth-order valence-electron chi connectivity index (χ4n) is 2.23. The fraction of sp³-hybridized carbons (Fsp3) is 0.0526. The lowest BCUT2D eigenvalue weighted by molar-refractivity contribution is 1.27. The van der Waals surface area contributed by atoms with Crippen LogP contribution in [0.3, 0.4) is 0 Å². The summed E-state index contributed by atoms with van der Waals surface area (Å²) < 4.78 is 0. The minimum Gasteiger partial charge on any atom is -0.256 e. The Labute approximate surface area is 124 Å². The lowest BCUT2D eigenvalue weighted by Gasteiger charge is -2.06. The quantitative estimate of drug-likeness (QED) is 0.579. The van der Waals surface area contributed by atoms with Crippen LogP contribution in [0.25, 0.3) is 27.2 Å². The molecular formula is C19H14N2. The van der Waals surface area contributed by atoms with E-state index in [-0.39, 0.29) is 0 Å². The van der Waals surface area contributed by atoms with Crippen molar-refractivity contribution < 1.29 is 0 Å². The number of benzene rings is 2. The summed E-state index contributed by atoms with van der Waals surface area (Å²) in [5.41, 5.74) is 6.13. The number of aryl methyl sites for hydroxylation is 1. The molecule has 0 bridgehead atoms. The van der Waals surface area contributed by atoms with Crippen LogP contribution in [-0.4, -0.2) is 4.98 Å². The summed E-state index contributed by atoms with van der Waals surface area (Å²) in [6.45, 7) is 9.03. The molecule has 0 spiro atoms. The van der Waals surface area contributed by atoms with Crippen molar-refractivity contribution in [3.63, 3.8) is 0 Å². The zero-order valence-electron chi connectivity index (χ0n) is 11.7. The smallest absolute Gasteiger partial charge is 0.187 e. The van der Waals surface area contributed by atoms with Gasteiger partial charge in [0.2, 0.25) is 0 Å². The molecule has 0 saturated heterocycles. The zero-order valence-corrected chi connectivity index (χ0v) is 11.7. The van der Waals surface area contributed by atoms with Crippen LogP contribution in [0.15, 0.2) is 66.9 Å². The average molecular weight is 270 g/mol. The number of nitrogens with zero attached hydrogens (tertiary/aromatic N) is 2. The van der Waals surface area contributed by atoms with E-state index in [1.54, 1.807) is 0 Å². The molecule has 2 aromatic carbocycles. The molecular weight excluding hydrogens is 256 g/mol. The van der Waals surface area contributed by atoms with Gasteiger partial charge < -0.3 is 0 Å². The van der Waals surface area contributed by atoms with Gasteiger partial charge in [-0.2, -0.15) is 0 Å². The van der Waals surface area contributed by atoms with Gasteiger partial charge in [0.1, 0.15) is 0 Å². The first-order chi connectivity index (χ1) is 10.3. The van der Waals surface area contributed by atoms with Crippen LogP contribution in [0.2, 0.25) is 0 Å². The summed E-state index contributed by atoms with van der Waals surface area (Å²) in [4.78, 5) is 7.89. The Balaban J connectivity index is 1.99. The SMILES string of the molecule is [C-]#[N+]c1ccc(-c2cccc(-c3ccc(C)cn3)c2)cc1. The van der Waals surface area contributed by atoms with Crippen molar-refractivity contribution in [2.45, 2.75) is 6.92 Å². The van der Waals surface area contributed by atoms with Gasteiger partial charge in [-0.05, 0) is 35.7 Å². The van der Waals surface area contributed by atoms with E-state index in [1.165, 1.54) is 0 Å².